The van der Waals surface area contributed by atoms with Crippen molar-refractivity contribution < 1.29 is 0 Å². The molecule has 0 saturated carbocycles. The van der Waals surface area contributed by atoms with Crippen LogP contribution >= 0.6 is 11.6 Å². The zero-order valence-electron chi connectivity index (χ0n) is 8.76. The molecule has 0 radical (unpaired) electrons. The molecule has 2 heteroatoms. The Kier molecular flexibility index (Phi) is 4.42. The first-order valence-electron chi connectivity index (χ1n) is 4.74. The summed E-state index contributed by atoms with van der Waals surface area (Å²) >= 11 is 5.91. The van der Waals surface area contributed by atoms with Crippen molar-refractivity contribution in [2.24, 2.45) is 0 Å². The van der Waals surface area contributed by atoms with Crippen molar-refractivity contribution in [2.45, 2.75) is 12.5 Å². The maximum absolute atomic E-state index is 5.91. The number of hydrogen-bond donors (Lipinski definition) is 1. The van der Waals surface area contributed by atoms with E-state index < -0.39 is 0 Å². The Balaban J connectivity index is 2.88. The summed E-state index contributed by atoms with van der Waals surface area (Å²) in [5.41, 5.74) is 2.00. The number of halogens is 1. The highest BCUT2D eigenvalue weighted by molar-refractivity contribution is 6.30. The predicted molar refractivity (Wildman–Crippen MR) is 66.8 cm³/mol. The third kappa shape index (κ3) is 3.13. The van der Waals surface area contributed by atoms with Crippen molar-refractivity contribution in [1.82, 2.24) is 5.32 Å². The minimum atomic E-state index is 0.105. The lowest BCUT2D eigenvalue weighted by Crippen LogP contribution is -2.25. The molecule has 0 spiro atoms. The second-order valence-electron chi connectivity index (χ2n) is 3.29. The number of likely N-dealkylation sites (N-methyl/N-ethyl adjacent to an activating group) is 1. The summed E-state index contributed by atoms with van der Waals surface area (Å²) in [5, 5.41) is 3.85. The van der Waals surface area contributed by atoms with E-state index in [1.165, 1.54) is 0 Å². The average molecular weight is 220 g/mol. The van der Waals surface area contributed by atoms with Crippen LogP contribution in [-0.4, -0.2) is 13.1 Å². The lowest BCUT2D eigenvalue weighted by molar-refractivity contribution is 0.703. The quantitative estimate of drug-likeness (QED) is 0.768. The largest absolute Gasteiger partial charge is 0.312 e. The number of benzene rings is 1. The molecule has 0 aliphatic heterocycles. The van der Waals surface area contributed by atoms with Crippen molar-refractivity contribution >= 4 is 17.2 Å². The predicted octanol–water partition coefficient (Wildman–Crippen LogP) is 2.96. The molecule has 0 saturated heterocycles. The molecule has 0 aromatic heterocycles. The fraction of sp³-hybridized carbons (Fsp3) is 0.231. The van der Waals surface area contributed by atoms with Crippen LogP contribution in [0.4, 0.5) is 0 Å². The molecule has 1 rings (SSSR count). The number of hydrogen-bond acceptors (Lipinski definition) is 1. The summed E-state index contributed by atoms with van der Waals surface area (Å²) in [6, 6.07) is 7.73. The van der Waals surface area contributed by atoms with Gasteiger partial charge in [-0.2, -0.15) is 0 Å². The van der Waals surface area contributed by atoms with Gasteiger partial charge in [-0.3, -0.25) is 0 Å². The van der Waals surface area contributed by atoms with E-state index in [1.54, 1.807) is 0 Å². The first-order chi connectivity index (χ1) is 7.19. The standard InChI is InChI=1S/C13H14ClN/c1-4-6-13(15-3)10(2)11-7-5-8-12(14)9-11/h1,5,7-9,13,15H,2,6H2,3H3. The molecule has 1 aromatic carbocycles. The third-order valence-electron chi connectivity index (χ3n) is 2.29. The van der Waals surface area contributed by atoms with Crippen molar-refractivity contribution in [3.05, 3.63) is 41.4 Å². The Morgan fingerprint density at radius 1 is 1.67 bits per heavy atom. The average Bonchev–Trinajstić information content (AvgIpc) is 2.25. The van der Waals surface area contributed by atoms with Gasteiger partial charge in [0.2, 0.25) is 0 Å². The zero-order valence-corrected chi connectivity index (χ0v) is 9.51. The molecule has 0 fully saturated rings. The Hall–Kier alpha value is -1.23. The monoisotopic (exact) mass is 219 g/mol. The Morgan fingerprint density at radius 2 is 2.40 bits per heavy atom. The van der Waals surface area contributed by atoms with Gasteiger partial charge in [0.25, 0.3) is 0 Å². The van der Waals surface area contributed by atoms with Gasteiger partial charge < -0.3 is 5.32 Å². The van der Waals surface area contributed by atoms with Crippen LogP contribution in [0.3, 0.4) is 0 Å². The molecule has 15 heavy (non-hydrogen) atoms. The van der Waals surface area contributed by atoms with E-state index in [0.29, 0.717) is 11.4 Å². The highest BCUT2D eigenvalue weighted by atomic mass is 35.5. The highest BCUT2D eigenvalue weighted by Crippen LogP contribution is 2.21. The summed E-state index contributed by atoms with van der Waals surface area (Å²) in [4.78, 5) is 0. The van der Waals surface area contributed by atoms with Gasteiger partial charge in [0, 0.05) is 17.5 Å². The molecule has 0 heterocycles. The van der Waals surface area contributed by atoms with E-state index in [2.05, 4.69) is 17.8 Å². The van der Waals surface area contributed by atoms with Crippen LogP contribution in [-0.2, 0) is 0 Å². The minimum Gasteiger partial charge on any atom is -0.312 e. The van der Waals surface area contributed by atoms with Gasteiger partial charge in [-0.1, -0.05) is 30.3 Å². The molecule has 0 aliphatic carbocycles. The summed E-state index contributed by atoms with van der Waals surface area (Å²) in [5.74, 6) is 2.63. The summed E-state index contributed by atoms with van der Waals surface area (Å²) in [6.07, 6.45) is 5.92. The Morgan fingerprint density at radius 3 is 2.93 bits per heavy atom. The molecule has 1 aromatic rings. The topological polar surface area (TPSA) is 12.0 Å². The third-order valence-corrected chi connectivity index (χ3v) is 2.52. The normalized spacial score (nSPS) is 11.8. The van der Waals surface area contributed by atoms with Gasteiger partial charge in [0.1, 0.15) is 0 Å². The molecular formula is C13H14ClN. The molecule has 1 atom stereocenters. The van der Waals surface area contributed by atoms with E-state index in [1.807, 2.05) is 31.3 Å². The van der Waals surface area contributed by atoms with Gasteiger partial charge in [-0.25, -0.2) is 0 Å². The molecular weight excluding hydrogens is 206 g/mol. The van der Waals surface area contributed by atoms with E-state index in [0.717, 1.165) is 11.1 Å². The second-order valence-corrected chi connectivity index (χ2v) is 3.72. The van der Waals surface area contributed by atoms with Gasteiger partial charge >= 0.3 is 0 Å². The van der Waals surface area contributed by atoms with Crippen LogP contribution in [0.1, 0.15) is 12.0 Å². The molecule has 0 bridgehead atoms. The van der Waals surface area contributed by atoms with Gasteiger partial charge in [0.05, 0.1) is 0 Å². The molecule has 1 N–H and O–H groups in total. The number of rotatable bonds is 4. The fourth-order valence-corrected chi connectivity index (χ4v) is 1.60. The highest BCUT2D eigenvalue weighted by Gasteiger charge is 2.10. The molecule has 0 amide bonds. The van der Waals surface area contributed by atoms with Crippen LogP contribution in [0.25, 0.3) is 5.57 Å². The minimum absolute atomic E-state index is 0.105. The van der Waals surface area contributed by atoms with Crippen molar-refractivity contribution in [2.75, 3.05) is 7.05 Å². The van der Waals surface area contributed by atoms with E-state index in [4.69, 9.17) is 18.0 Å². The van der Waals surface area contributed by atoms with Gasteiger partial charge in [-0.05, 0) is 30.3 Å². The van der Waals surface area contributed by atoms with Gasteiger partial charge in [0.15, 0.2) is 0 Å². The fourth-order valence-electron chi connectivity index (χ4n) is 1.41. The molecule has 0 aliphatic rings. The summed E-state index contributed by atoms with van der Waals surface area (Å²) in [6.45, 7) is 4.04. The van der Waals surface area contributed by atoms with Crippen LogP contribution < -0.4 is 5.32 Å². The second kappa shape index (κ2) is 5.60. The van der Waals surface area contributed by atoms with Crippen LogP contribution in [0, 0.1) is 12.3 Å². The lowest BCUT2D eigenvalue weighted by Gasteiger charge is -2.16. The van der Waals surface area contributed by atoms with E-state index in [9.17, 15) is 0 Å². The van der Waals surface area contributed by atoms with Crippen LogP contribution in [0.2, 0.25) is 5.02 Å². The van der Waals surface area contributed by atoms with Crippen LogP contribution in [0.15, 0.2) is 30.8 Å². The maximum Gasteiger partial charge on any atom is 0.0428 e. The SMILES string of the molecule is C#CCC(NC)C(=C)c1cccc(Cl)c1. The summed E-state index contributed by atoms with van der Waals surface area (Å²) < 4.78 is 0. The van der Waals surface area contributed by atoms with E-state index in [-0.39, 0.29) is 6.04 Å². The number of terminal acetylenes is 1. The van der Waals surface area contributed by atoms with E-state index >= 15 is 0 Å². The summed E-state index contributed by atoms with van der Waals surface area (Å²) in [7, 11) is 1.87. The smallest absolute Gasteiger partial charge is 0.0428 e. The maximum atomic E-state index is 5.91. The van der Waals surface area contributed by atoms with Crippen LogP contribution in [0.5, 0.6) is 0 Å². The first-order valence-corrected chi connectivity index (χ1v) is 5.12. The zero-order chi connectivity index (χ0) is 11.3. The lowest BCUT2D eigenvalue weighted by atomic mass is 9.98. The molecule has 78 valence electrons. The van der Waals surface area contributed by atoms with Crippen molar-refractivity contribution in [3.63, 3.8) is 0 Å². The van der Waals surface area contributed by atoms with Crippen molar-refractivity contribution in [1.29, 1.82) is 0 Å². The van der Waals surface area contributed by atoms with Gasteiger partial charge in [-0.15, -0.1) is 12.3 Å². The Bertz CT molecular complexity index is 390. The molecule has 1 unspecified atom stereocenters. The molecule has 1 nitrogen and oxygen atoms in total. The number of nitrogens with one attached hydrogen (secondary N) is 1. The van der Waals surface area contributed by atoms with Crippen molar-refractivity contribution in [3.8, 4) is 12.3 Å². The Labute approximate surface area is 96.1 Å². The first kappa shape index (κ1) is 11.8.